The number of ether oxygens (including phenoxy) is 3. The summed E-state index contributed by atoms with van der Waals surface area (Å²) < 4.78 is 30.9. The number of esters is 2. The van der Waals surface area contributed by atoms with Gasteiger partial charge in [-0.25, -0.2) is 14.0 Å². The second kappa shape index (κ2) is 13.5. The molecule has 1 aromatic heterocycles. The van der Waals surface area contributed by atoms with Crippen molar-refractivity contribution in [3.63, 3.8) is 0 Å². The minimum Gasteiger partial charge on any atom is -0.476 e. The van der Waals surface area contributed by atoms with Crippen LogP contribution in [-0.2, 0) is 25.6 Å². The number of amides is 1. The number of hydrogen-bond donors (Lipinski definition) is 0. The average molecular weight is 553 g/mol. The van der Waals surface area contributed by atoms with E-state index in [2.05, 4.69) is 16.8 Å². The first-order valence-electron chi connectivity index (χ1n) is 12.0. The molecule has 0 saturated carbocycles. The van der Waals surface area contributed by atoms with Crippen molar-refractivity contribution >= 4 is 35.1 Å². The third-order valence-corrected chi connectivity index (χ3v) is 6.19. The summed E-state index contributed by atoms with van der Waals surface area (Å²) in [7, 11) is 1.23. The molecule has 0 bridgehead atoms. The van der Waals surface area contributed by atoms with Gasteiger partial charge in [-0.2, -0.15) is 0 Å². The first-order valence-corrected chi connectivity index (χ1v) is 12.4. The van der Waals surface area contributed by atoms with Crippen molar-refractivity contribution in [2.24, 2.45) is 0 Å². The van der Waals surface area contributed by atoms with Gasteiger partial charge in [-0.3, -0.25) is 9.78 Å². The Balaban J connectivity index is 2.15. The second-order valence-electron chi connectivity index (χ2n) is 8.57. The van der Waals surface area contributed by atoms with Crippen molar-refractivity contribution in [2.45, 2.75) is 45.3 Å². The van der Waals surface area contributed by atoms with Crippen LogP contribution in [0.25, 0.3) is 0 Å². The van der Waals surface area contributed by atoms with E-state index in [1.165, 1.54) is 31.6 Å². The number of pyridine rings is 1. The van der Waals surface area contributed by atoms with Crippen LogP contribution in [-0.4, -0.2) is 42.7 Å². The summed E-state index contributed by atoms with van der Waals surface area (Å²) in [6.45, 7) is 1.14. The summed E-state index contributed by atoms with van der Waals surface area (Å²) >= 11 is 6.20. The predicted octanol–water partition coefficient (Wildman–Crippen LogP) is 4.64. The number of methoxy groups -OCH3 is 1. The number of nitrogens with zero attached hydrogens (tertiary/aromatic N) is 2. The Morgan fingerprint density at radius 3 is 2.51 bits per heavy atom. The van der Waals surface area contributed by atoms with E-state index in [0.29, 0.717) is 24.8 Å². The number of terminal acetylenes is 2. The molecule has 1 aliphatic carbocycles. The molecule has 1 aromatic carbocycles. The largest absolute Gasteiger partial charge is 0.476 e. The van der Waals surface area contributed by atoms with Crippen LogP contribution in [0.2, 0.25) is 5.02 Å². The maximum atomic E-state index is 15.4. The summed E-state index contributed by atoms with van der Waals surface area (Å²) in [6.07, 6.45) is 14.5. The number of carbonyl (C=O) groups excluding carboxylic acids is 3. The highest BCUT2D eigenvalue weighted by atomic mass is 35.5. The van der Waals surface area contributed by atoms with Gasteiger partial charge in [0.05, 0.1) is 29.9 Å². The van der Waals surface area contributed by atoms with Crippen molar-refractivity contribution in [1.29, 1.82) is 0 Å². The lowest BCUT2D eigenvalue weighted by atomic mass is 9.90. The molecule has 0 spiro atoms. The Kier molecular flexibility index (Phi) is 10.1. The molecule has 202 valence electrons. The molecule has 0 saturated heterocycles. The smallest absolute Gasteiger partial charge is 0.339 e. The second-order valence-corrected chi connectivity index (χ2v) is 8.98. The van der Waals surface area contributed by atoms with Gasteiger partial charge in [-0.05, 0) is 50.3 Å². The Bertz CT molecular complexity index is 1390. The third-order valence-electron chi connectivity index (χ3n) is 5.89. The van der Waals surface area contributed by atoms with E-state index in [4.69, 9.17) is 38.7 Å². The highest BCUT2D eigenvalue weighted by Gasteiger charge is 2.31. The highest BCUT2D eigenvalue weighted by molar-refractivity contribution is 6.32. The molecule has 1 amide bonds. The average Bonchev–Trinajstić information content (AvgIpc) is 2.95. The summed E-state index contributed by atoms with van der Waals surface area (Å²) in [5, 5.41) is -0.0458. The minimum atomic E-state index is -0.820. The van der Waals surface area contributed by atoms with Crippen molar-refractivity contribution in [2.75, 3.05) is 18.6 Å². The minimum absolute atomic E-state index is 0.0458. The van der Waals surface area contributed by atoms with Crippen molar-refractivity contribution in [1.82, 2.24) is 4.98 Å². The molecule has 39 heavy (non-hydrogen) atoms. The number of carbonyl (C=O) groups is 3. The van der Waals surface area contributed by atoms with Crippen LogP contribution in [0.1, 0.15) is 48.5 Å². The summed E-state index contributed by atoms with van der Waals surface area (Å²) in [5.74, 6) is 1.89. The first-order chi connectivity index (χ1) is 18.7. The summed E-state index contributed by atoms with van der Waals surface area (Å²) in [6, 6.07) is 3.75. The Morgan fingerprint density at radius 2 is 1.85 bits per heavy atom. The fourth-order valence-corrected chi connectivity index (χ4v) is 4.21. The molecule has 8 nitrogen and oxygen atoms in total. The fraction of sp³-hybridized carbons (Fsp3) is 0.310. The Morgan fingerprint density at radius 1 is 1.13 bits per heavy atom. The van der Waals surface area contributed by atoms with Crippen molar-refractivity contribution in [3.05, 3.63) is 63.7 Å². The van der Waals surface area contributed by atoms with Gasteiger partial charge in [0.2, 0.25) is 0 Å². The van der Waals surface area contributed by atoms with Crippen molar-refractivity contribution in [3.8, 4) is 30.4 Å². The topological polar surface area (TPSA) is 95.0 Å². The van der Waals surface area contributed by atoms with Gasteiger partial charge in [-0.1, -0.05) is 23.4 Å². The normalized spacial score (nSPS) is 13.5. The van der Waals surface area contributed by atoms with E-state index in [1.807, 2.05) is 0 Å². The number of hydrogen-bond acceptors (Lipinski definition) is 7. The van der Waals surface area contributed by atoms with Crippen LogP contribution in [0.3, 0.4) is 0 Å². The lowest BCUT2D eigenvalue weighted by Crippen LogP contribution is -2.34. The van der Waals surface area contributed by atoms with E-state index in [1.54, 1.807) is 6.92 Å². The van der Waals surface area contributed by atoms with Crippen LogP contribution in [0.5, 0.6) is 5.75 Å². The van der Waals surface area contributed by atoms with Crippen LogP contribution in [0.4, 0.5) is 10.1 Å². The van der Waals surface area contributed by atoms with Gasteiger partial charge in [-0.15, -0.1) is 12.8 Å². The molecule has 1 aliphatic rings. The quantitative estimate of drug-likeness (QED) is 0.330. The Labute approximate surface area is 231 Å². The van der Waals surface area contributed by atoms with Crippen LogP contribution in [0.15, 0.2) is 41.7 Å². The molecule has 2 aromatic rings. The van der Waals surface area contributed by atoms with Crippen LogP contribution >= 0.6 is 11.6 Å². The molecule has 3 rings (SSSR count). The maximum absolute atomic E-state index is 15.4. The number of aromatic nitrogens is 1. The molecular weight excluding hydrogens is 527 g/mol. The van der Waals surface area contributed by atoms with E-state index >= 15 is 4.39 Å². The lowest BCUT2D eigenvalue weighted by molar-refractivity contribution is -0.138. The monoisotopic (exact) mass is 552 g/mol. The lowest BCUT2D eigenvalue weighted by Gasteiger charge is -2.28. The first kappa shape index (κ1) is 29.2. The van der Waals surface area contributed by atoms with E-state index in [9.17, 15) is 14.4 Å². The molecule has 0 aliphatic heterocycles. The summed E-state index contributed by atoms with van der Waals surface area (Å²) in [5.41, 5.74) is 0.713. The van der Waals surface area contributed by atoms with Gasteiger partial charge >= 0.3 is 11.9 Å². The van der Waals surface area contributed by atoms with Crippen LogP contribution < -0.4 is 9.64 Å². The molecule has 10 heteroatoms. The molecular formula is C29H26ClFN2O6. The standard InChI is InChI=1S/C29H26ClFN2O6/c1-5-11-38-29(36)22-10-8-7-9-21(22)27(34)33(17-19-12-20(16-32-15-19)28(35)37-4)25-14-26(39-18(3)6-2)23(30)13-24(25)31/h1-2,12-16,18H,7-11,17H2,3-4H3. The number of anilines is 1. The fourth-order valence-electron chi connectivity index (χ4n) is 4.02. The van der Waals surface area contributed by atoms with Gasteiger partial charge < -0.3 is 19.1 Å². The van der Waals surface area contributed by atoms with Gasteiger partial charge in [0, 0.05) is 29.6 Å². The van der Waals surface area contributed by atoms with E-state index in [0.717, 1.165) is 11.0 Å². The van der Waals surface area contributed by atoms with Gasteiger partial charge in [0.15, 0.2) is 12.7 Å². The van der Waals surface area contributed by atoms with Gasteiger partial charge in [0.1, 0.15) is 11.6 Å². The van der Waals surface area contributed by atoms with Crippen LogP contribution in [0, 0.1) is 30.5 Å². The molecule has 0 radical (unpaired) electrons. The number of rotatable bonds is 9. The third kappa shape index (κ3) is 7.16. The predicted molar refractivity (Wildman–Crippen MR) is 142 cm³/mol. The molecule has 1 atom stereocenters. The molecule has 1 heterocycles. The zero-order chi connectivity index (χ0) is 28.5. The molecule has 1 unspecified atom stereocenters. The molecule has 0 fully saturated rings. The SMILES string of the molecule is C#CCOC(=O)C1=C(C(=O)N(Cc2cncc(C(=O)OC)c2)c2cc(OC(C)C#C)c(Cl)cc2F)CCCC1. The highest BCUT2D eigenvalue weighted by Crippen LogP contribution is 2.36. The number of halogens is 2. The van der Waals surface area contributed by atoms with Crippen molar-refractivity contribution < 1.29 is 33.0 Å². The maximum Gasteiger partial charge on any atom is 0.339 e. The summed E-state index contributed by atoms with van der Waals surface area (Å²) in [4.78, 5) is 44.0. The zero-order valence-corrected chi connectivity index (χ0v) is 22.2. The number of benzene rings is 1. The van der Waals surface area contributed by atoms with E-state index < -0.39 is 29.8 Å². The Hall–Kier alpha value is -4.34. The van der Waals surface area contributed by atoms with Gasteiger partial charge in [0.25, 0.3) is 5.91 Å². The van der Waals surface area contributed by atoms with E-state index in [-0.39, 0.29) is 52.7 Å². The molecule has 0 N–H and O–H groups in total. The zero-order valence-electron chi connectivity index (χ0n) is 21.5.